The summed E-state index contributed by atoms with van der Waals surface area (Å²) < 4.78 is 1.02. The summed E-state index contributed by atoms with van der Waals surface area (Å²) >= 11 is 1.54. The lowest BCUT2D eigenvalue weighted by atomic mass is 10.2. The van der Waals surface area contributed by atoms with E-state index in [1.807, 2.05) is 25.1 Å². The van der Waals surface area contributed by atoms with Crippen LogP contribution in [0.4, 0.5) is 5.82 Å². The predicted molar refractivity (Wildman–Crippen MR) is 106 cm³/mol. The third kappa shape index (κ3) is 4.76. The second-order valence-electron chi connectivity index (χ2n) is 6.13. The van der Waals surface area contributed by atoms with Gasteiger partial charge in [0.25, 0.3) is 5.91 Å². The molecule has 0 bridgehead atoms. The number of carbonyl (C=O) groups is 1. The van der Waals surface area contributed by atoms with Gasteiger partial charge in [-0.2, -0.15) is 0 Å². The van der Waals surface area contributed by atoms with Crippen LogP contribution in [0.3, 0.4) is 0 Å². The van der Waals surface area contributed by atoms with Crippen LogP contribution in [-0.2, 0) is 6.42 Å². The summed E-state index contributed by atoms with van der Waals surface area (Å²) in [7, 11) is 0. The van der Waals surface area contributed by atoms with Crippen LogP contribution in [0.5, 0.6) is 0 Å². The molecule has 0 aliphatic rings. The number of thiazole rings is 1. The molecular weight excluding hydrogens is 346 g/mol. The van der Waals surface area contributed by atoms with E-state index in [9.17, 15) is 4.79 Å². The molecule has 0 saturated carbocycles. The SMILES string of the molecule is CCCCc1nc(C)cc(NCCNC(=O)c2ccc3ncsc3c2)n1. The molecular formula is C19H23N5OS. The van der Waals surface area contributed by atoms with Gasteiger partial charge in [0.2, 0.25) is 0 Å². The van der Waals surface area contributed by atoms with Gasteiger partial charge in [0.05, 0.1) is 15.7 Å². The number of fused-ring (bicyclic) bond motifs is 1. The summed E-state index contributed by atoms with van der Waals surface area (Å²) in [6.07, 6.45) is 3.10. The number of aromatic nitrogens is 3. The summed E-state index contributed by atoms with van der Waals surface area (Å²) in [5, 5.41) is 6.19. The number of nitrogens with one attached hydrogen (secondary N) is 2. The molecule has 0 aliphatic heterocycles. The molecule has 6 nitrogen and oxygen atoms in total. The molecule has 0 fully saturated rings. The highest BCUT2D eigenvalue weighted by molar-refractivity contribution is 7.16. The summed E-state index contributed by atoms with van der Waals surface area (Å²) in [6, 6.07) is 7.48. The Balaban J connectivity index is 1.50. The lowest BCUT2D eigenvalue weighted by Gasteiger charge is -2.09. The third-order valence-corrected chi connectivity index (χ3v) is 4.76. The van der Waals surface area contributed by atoms with E-state index in [1.165, 1.54) is 11.3 Å². The van der Waals surface area contributed by atoms with Crippen molar-refractivity contribution in [2.75, 3.05) is 18.4 Å². The lowest BCUT2D eigenvalue weighted by molar-refractivity contribution is 0.0955. The summed E-state index contributed by atoms with van der Waals surface area (Å²) in [5.74, 6) is 1.60. The Morgan fingerprint density at radius 1 is 1.19 bits per heavy atom. The molecule has 0 aliphatic carbocycles. The van der Waals surface area contributed by atoms with E-state index in [1.54, 1.807) is 11.6 Å². The first kappa shape index (κ1) is 18.3. The molecule has 3 aromatic rings. The average Bonchev–Trinajstić information content (AvgIpc) is 3.10. The molecule has 3 rings (SSSR count). The lowest BCUT2D eigenvalue weighted by Crippen LogP contribution is -2.28. The minimum absolute atomic E-state index is 0.0791. The number of benzene rings is 1. The standard InChI is InChI=1S/C19H23N5OS/c1-3-4-5-17-23-13(2)10-18(24-17)20-8-9-21-19(25)14-6-7-15-16(11-14)26-12-22-15/h6-7,10-12H,3-5,8-9H2,1-2H3,(H,21,25)(H,20,23,24). The molecule has 0 radical (unpaired) electrons. The van der Waals surface area contributed by atoms with Crippen molar-refractivity contribution in [3.8, 4) is 0 Å². The van der Waals surface area contributed by atoms with Gasteiger partial charge in [0.1, 0.15) is 11.6 Å². The van der Waals surface area contributed by atoms with E-state index in [2.05, 4.69) is 32.5 Å². The van der Waals surface area contributed by atoms with Crippen LogP contribution >= 0.6 is 11.3 Å². The maximum absolute atomic E-state index is 12.3. The molecule has 1 aromatic carbocycles. The summed E-state index contributed by atoms with van der Waals surface area (Å²) in [6.45, 7) is 5.26. The van der Waals surface area contributed by atoms with Crippen molar-refractivity contribution in [2.45, 2.75) is 33.1 Å². The number of hydrogen-bond donors (Lipinski definition) is 2. The van der Waals surface area contributed by atoms with Gasteiger partial charge in [-0.25, -0.2) is 15.0 Å². The van der Waals surface area contributed by atoms with Crippen LogP contribution in [0.1, 0.15) is 41.6 Å². The zero-order chi connectivity index (χ0) is 18.4. The Labute approximate surface area is 157 Å². The number of unbranched alkanes of at least 4 members (excludes halogenated alkanes) is 1. The molecule has 1 amide bonds. The van der Waals surface area contributed by atoms with E-state index >= 15 is 0 Å². The van der Waals surface area contributed by atoms with E-state index in [0.717, 1.165) is 46.8 Å². The third-order valence-electron chi connectivity index (χ3n) is 3.96. The van der Waals surface area contributed by atoms with Crippen LogP contribution in [0.25, 0.3) is 10.2 Å². The number of rotatable bonds is 8. The molecule has 0 unspecified atom stereocenters. The first-order valence-corrected chi connectivity index (χ1v) is 9.73. The number of nitrogens with zero attached hydrogens (tertiary/aromatic N) is 3. The minimum atomic E-state index is -0.0791. The first-order chi connectivity index (χ1) is 12.7. The van der Waals surface area contributed by atoms with Crippen LogP contribution in [0, 0.1) is 6.92 Å². The van der Waals surface area contributed by atoms with Crippen LogP contribution in [0.15, 0.2) is 29.8 Å². The average molecular weight is 369 g/mol. The largest absolute Gasteiger partial charge is 0.368 e. The fourth-order valence-electron chi connectivity index (χ4n) is 2.63. The van der Waals surface area contributed by atoms with Crippen LogP contribution < -0.4 is 10.6 Å². The minimum Gasteiger partial charge on any atom is -0.368 e. The number of amides is 1. The number of anilines is 1. The highest BCUT2D eigenvalue weighted by Crippen LogP contribution is 2.18. The van der Waals surface area contributed by atoms with Gasteiger partial charge in [0.15, 0.2) is 0 Å². The zero-order valence-electron chi connectivity index (χ0n) is 15.1. The monoisotopic (exact) mass is 369 g/mol. The second-order valence-corrected chi connectivity index (χ2v) is 7.02. The van der Waals surface area contributed by atoms with Gasteiger partial charge in [0, 0.05) is 36.8 Å². The molecule has 136 valence electrons. The van der Waals surface area contributed by atoms with E-state index in [4.69, 9.17) is 0 Å². The molecule has 0 atom stereocenters. The topological polar surface area (TPSA) is 79.8 Å². The quantitative estimate of drug-likeness (QED) is 0.593. The second kappa shape index (κ2) is 8.71. The predicted octanol–water partition coefficient (Wildman–Crippen LogP) is 3.58. The van der Waals surface area contributed by atoms with Gasteiger partial charge >= 0.3 is 0 Å². The van der Waals surface area contributed by atoms with Crippen molar-refractivity contribution in [2.24, 2.45) is 0 Å². The van der Waals surface area contributed by atoms with Crippen molar-refractivity contribution < 1.29 is 4.79 Å². The maximum Gasteiger partial charge on any atom is 0.251 e. The van der Waals surface area contributed by atoms with Gasteiger partial charge in [-0.15, -0.1) is 11.3 Å². The van der Waals surface area contributed by atoms with Crippen molar-refractivity contribution in [1.82, 2.24) is 20.3 Å². The zero-order valence-corrected chi connectivity index (χ0v) is 15.9. The Morgan fingerprint density at radius 2 is 2.08 bits per heavy atom. The Bertz CT molecular complexity index is 893. The number of carbonyl (C=O) groups excluding carboxylic acids is 1. The highest BCUT2D eigenvalue weighted by atomic mass is 32.1. The Kier molecular flexibility index (Phi) is 6.12. The van der Waals surface area contributed by atoms with Gasteiger partial charge < -0.3 is 10.6 Å². The fourth-order valence-corrected chi connectivity index (χ4v) is 3.35. The molecule has 0 saturated heterocycles. The molecule has 2 heterocycles. The van der Waals surface area contributed by atoms with Gasteiger partial charge in [-0.05, 0) is 31.5 Å². The molecule has 2 N–H and O–H groups in total. The highest BCUT2D eigenvalue weighted by Gasteiger charge is 2.07. The fraction of sp³-hybridized carbons (Fsp3) is 0.368. The van der Waals surface area contributed by atoms with Crippen LogP contribution in [-0.4, -0.2) is 33.9 Å². The van der Waals surface area contributed by atoms with Crippen molar-refractivity contribution in [3.63, 3.8) is 0 Å². The van der Waals surface area contributed by atoms with E-state index in [0.29, 0.717) is 18.7 Å². The summed E-state index contributed by atoms with van der Waals surface area (Å²) in [4.78, 5) is 25.5. The molecule has 0 spiro atoms. The number of hydrogen-bond acceptors (Lipinski definition) is 6. The van der Waals surface area contributed by atoms with Crippen LogP contribution in [0.2, 0.25) is 0 Å². The normalized spacial score (nSPS) is 10.8. The Morgan fingerprint density at radius 3 is 2.92 bits per heavy atom. The maximum atomic E-state index is 12.3. The first-order valence-electron chi connectivity index (χ1n) is 8.85. The smallest absolute Gasteiger partial charge is 0.251 e. The van der Waals surface area contributed by atoms with E-state index in [-0.39, 0.29) is 5.91 Å². The van der Waals surface area contributed by atoms with E-state index < -0.39 is 0 Å². The number of aryl methyl sites for hydroxylation is 2. The molecule has 7 heteroatoms. The Hall–Kier alpha value is -2.54. The van der Waals surface area contributed by atoms with Gasteiger partial charge in [-0.1, -0.05) is 13.3 Å². The summed E-state index contributed by atoms with van der Waals surface area (Å²) in [5.41, 5.74) is 4.32. The molecule has 2 aromatic heterocycles. The van der Waals surface area contributed by atoms with Crippen molar-refractivity contribution in [3.05, 3.63) is 46.9 Å². The molecule has 26 heavy (non-hydrogen) atoms. The van der Waals surface area contributed by atoms with Gasteiger partial charge in [-0.3, -0.25) is 4.79 Å². The van der Waals surface area contributed by atoms with Crippen molar-refractivity contribution in [1.29, 1.82) is 0 Å². The van der Waals surface area contributed by atoms with Crippen molar-refractivity contribution >= 4 is 33.3 Å².